The lowest BCUT2D eigenvalue weighted by Crippen LogP contribution is -2.17. The molecule has 1 aromatic heterocycles. The van der Waals surface area contributed by atoms with Gasteiger partial charge in [0.2, 0.25) is 0 Å². The van der Waals surface area contributed by atoms with Gasteiger partial charge < -0.3 is 10.5 Å². The normalized spacial score (nSPS) is 14.7. The molecule has 2 unspecified atom stereocenters. The largest absolute Gasteiger partial charge is 0.492 e. The van der Waals surface area contributed by atoms with E-state index in [1.165, 1.54) is 5.56 Å². The molecule has 1 heterocycles. The average Bonchev–Trinajstić information content (AvgIpc) is 2.17. The van der Waals surface area contributed by atoms with Crippen LogP contribution in [0.25, 0.3) is 0 Å². The smallest absolute Gasteiger partial charge is 0.137 e. The zero-order valence-electron chi connectivity index (χ0n) is 9.73. The first-order valence-corrected chi connectivity index (χ1v) is 5.46. The van der Waals surface area contributed by atoms with Gasteiger partial charge in [-0.05, 0) is 37.8 Å². The quantitative estimate of drug-likeness (QED) is 0.807. The minimum atomic E-state index is 0.218. The molecule has 0 aliphatic heterocycles. The molecule has 0 saturated carbocycles. The summed E-state index contributed by atoms with van der Waals surface area (Å²) in [6.45, 7) is 6.83. The van der Waals surface area contributed by atoms with Gasteiger partial charge in [0, 0.05) is 12.2 Å². The summed E-state index contributed by atoms with van der Waals surface area (Å²) in [5, 5.41) is 0. The molecule has 3 heteroatoms. The van der Waals surface area contributed by atoms with Crippen LogP contribution < -0.4 is 10.5 Å². The van der Waals surface area contributed by atoms with Crippen molar-refractivity contribution in [1.82, 2.24) is 4.98 Å². The number of nitrogens with two attached hydrogens (primary N) is 1. The molecular formula is C12H20N2O. The van der Waals surface area contributed by atoms with E-state index in [1.807, 2.05) is 26.1 Å². The van der Waals surface area contributed by atoms with Gasteiger partial charge in [-0.15, -0.1) is 0 Å². The minimum absolute atomic E-state index is 0.218. The van der Waals surface area contributed by atoms with Gasteiger partial charge in [0.1, 0.15) is 5.75 Å². The van der Waals surface area contributed by atoms with Gasteiger partial charge in [-0.3, -0.25) is 4.98 Å². The fourth-order valence-corrected chi connectivity index (χ4v) is 1.64. The molecule has 1 rings (SSSR count). The third-order valence-electron chi connectivity index (χ3n) is 2.34. The van der Waals surface area contributed by atoms with E-state index in [-0.39, 0.29) is 6.04 Å². The zero-order chi connectivity index (χ0) is 11.3. The van der Waals surface area contributed by atoms with Crippen molar-refractivity contribution in [2.75, 3.05) is 6.61 Å². The predicted molar refractivity (Wildman–Crippen MR) is 62.1 cm³/mol. The van der Waals surface area contributed by atoms with E-state index in [0.29, 0.717) is 12.5 Å². The van der Waals surface area contributed by atoms with Crippen molar-refractivity contribution in [1.29, 1.82) is 0 Å². The van der Waals surface area contributed by atoms with Gasteiger partial charge in [-0.2, -0.15) is 0 Å². The molecule has 2 N–H and O–H groups in total. The van der Waals surface area contributed by atoms with Gasteiger partial charge in [-0.1, -0.05) is 6.92 Å². The second-order valence-corrected chi connectivity index (χ2v) is 4.00. The summed E-state index contributed by atoms with van der Waals surface area (Å²) < 4.78 is 5.41. The predicted octanol–water partition coefficient (Wildman–Crippen LogP) is 2.32. The standard InChI is InChI=1S/C12H20N2O/c1-4-15-12-6-11(7-14-8-12)9(2)5-10(3)13/h6-10H,4-5,13H2,1-3H3. The molecule has 15 heavy (non-hydrogen) atoms. The maximum absolute atomic E-state index is 5.78. The van der Waals surface area contributed by atoms with Crippen molar-refractivity contribution in [2.45, 2.75) is 39.2 Å². The van der Waals surface area contributed by atoms with E-state index in [2.05, 4.69) is 11.9 Å². The maximum atomic E-state index is 5.78. The van der Waals surface area contributed by atoms with E-state index in [4.69, 9.17) is 10.5 Å². The topological polar surface area (TPSA) is 48.1 Å². The fourth-order valence-electron chi connectivity index (χ4n) is 1.64. The number of ether oxygens (including phenoxy) is 1. The highest BCUT2D eigenvalue weighted by Crippen LogP contribution is 2.22. The molecule has 0 aliphatic rings. The highest BCUT2D eigenvalue weighted by atomic mass is 16.5. The van der Waals surface area contributed by atoms with Gasteiger partial charge in [0.15, 0.2) is 0 Å². The Balaban J connectivity index is 2.71. The lowest BCUT2D eigenvalue weighted by Gasteiger charge is -2.14. The first-order chi connectivity index (χ1) is 7.13. The Morgan fingerprint density at radius 1 is 1.40 bits per heavy atom. The Bertz CT molecular complexity index is 299. The Labute approximate surface area is 91.7 Å². The highest BCUT2D eigenvalue weighted by Gasteiger charge is 2.09. The number of rotatable bonds is 5. The molecule has 2 atom stereocenters. The second kappa shape index (κ2) is 5.71. The van der Waals surface area contributed by atoms with Crippen molar-refractivity contribution in [3.05, 3.63) is 24.0 Å². The molecule has 0 spiro atoms. The van der Waals surface area contributed by atoms with Crippen molar-refractivity contribution in [2.24, 2.45) is 5.73 Å². The fraction of sp³-hybridized carbons (Fsp3) is 0.583. The average molecular weight is 208 g/mol. The van der Waals surface area contributed by atoms with Crippen LogP contribution in [0.5, 0.6) is 5.75 Å². The number of aromatic nitrogens is 1. The van der Waals surface area contributed by atoms with E-state index >= 15 is 0 Å². The second-order valence-electron chi connectivity index (χ2n) is 4.00. The summed E-state index contributed by atoms with van der Waals surface area (Å²) in [4.78, 5) is 4.17. The van der Waals surface area contributed by atoms with E-state index in [9.17, 15) is 0 Å². The molecule has 0 aliphatic carbocycles. The van der Waals surface area contributed by atoms with Crippen LogP contribution in [0.2, 0.25) is 0 Å². The molecule has 84 valence electrons. The van der Waals surface area contributed by atoms with Crippen LogP contribution >= 0.6 is 0 Å². The van der Waals surface area contributed by atoms with Crippen molar-refractivity contribution in [3.63, 3.8) is 0 Å². The van der Waals surface area contributed by atoms with Crippen molar-refractivity contribution < 1.29 is 4.74 Å². The van der Waals surface area contributed by atoms with Crippen molar-refractivity contribution in [3.8, 4) is 5.75 Å². The molecule has 0 amide bonds. The summed E-state index contributed by atoms with van der Waals surface area (Å²) in [5.41, 5.74) is 6.97. The molecule has 3 nitrogen and oxygen atoms in total. The Morgan fingerprint density at radius 2 is 2.13 bits per heavy atom. The zero-order valence-corrected chi connectivity index (χ0v) is 9.73. The number of nitrogens with zero attached hydrogens (tertiary/aromatic N) is 1. The monoisotopic (exact) mass is 208 g/mol. The lowest BCUT2D eigenvalue weighted by atomic mass is 9.96. The van der Waals surface area contributed by atoms with E-state index in [0.717, 1.165) is 12.2 Å². The molecule has 0 fully saturated rings. The van der Waals surface area contributed by atoms with Gasteiger partial charge in [-0.25, -0.2) is 0 Å². The third kappa shape index (κ3) is 3.88. The Kier molecular flexibility index (Phi) is 4.56. The van der Waals surface area contributed by atoms with Crippen LogP contribution in [0.4, 0.5) is 0 Å². The van der Waals surface area contributed by atoms with Crippen LogP contribution in [-0.2, 0) is 0 Å². The number of pyridine rings is 1. The Hall–Kier alpha value is -1.09. The summed E-state index contributed by atoms with van der Waals surface area (Å²) in [6, 6.07) is 2.26. The van der Waals surface area contributed by atoms with Crippen LogP contribution in [0.15, 0.2) is 18.5 Å². The summed E-state index contributed by atoms with van der Waals surface area (Å²) >= 11 is 0. The van der Waals surface area contributed by atoms with Gasteiger partial charge >= 0.3 is 0 Å². The van der Waals surface area contributed by atoms with Crippen molar-refractivity contribution >= 4 is 0 Å². The van der Waals surface area contributed by atoms with E-state index in [1.54, 1.807) is 6.20 Å². The maximum Gasteiger partial charge on any atom is 0.137 e. The molecule has 1 aromatic rings. The molecule has 0 aromatic carbocycles. The summed E-state index contributed by atoms with van der Waals surface area (Å²) in [7, 11) is 0. The van der Waals surface area contributed by atoms with Crippen LogP contribution in [-0.4, -0.2) is 17.6 Å². The van der Waals surface area contributed by atoms with Gasteiger partial charge in [0.25, 0.3) is 0 Å². The SMILES string of the molecule is CCOc1cncc(C(C)CC(C)N)c1. The van der Waals surface area contributed by atoms with E-state index < -0.39 is 0 Å². The molecule has 0 bridgehead atoms. The van der Waals surface area contributed by atoms with Crippen LogP contribution in [0, 0.1) is 0 Å². The first-order valence-electron chi connectivity index (χ1n) is 5.46. The lowest BCUT2D eigenvalue weighted by molar-refractivity contribution is 0.338. The molecule has 0 saturated heterocycles. The van der Waals surface area contributed by atoms with Crippen LogP contribution in [0.3, 0.4) is 0 Å². The molecule has 0 radical (unpaired) electrons. The number of hydrogen-bond donors (Lipinski definition) is 1. The third-order valence-corrected chi connectivity index (χ3v) is 2.34. The minimum Gasteiger partial charge on any atom is -0.492 e. The van der Waals surface area contributed by atoms with Gasteiger partial charge in [0.05, 0.1) is 12.8 Å². The first kappa shape index (κ1) is 12.0. The summed E-state index contributed by atoms with van der Waals surface area (Å²) in [5.74, 6) is 1.27. The van der Waals surface area contributed by atoms with Crippen LogP contribution in [0.1, 0.15) is 38.7 Å². The number of hydrogen-bond acceptors (Lipinski definition) is 3. The summed E-state index contributed by atoms with van der Waals surface area (Å²) in [6.07, 6.45) is 4.60. The molecular weight excluding hydrogens is 188 g/mol. The highest BCUT2D eigenvalue weighted by molar-refractivity contribution is 5.26. The Morgan fingerprint density at radius 3 is 2.73 bits per heavy atom.